The smallest absolute Gasteiger partial charge is 0.220 e. The van der Waals surface area contributed by atoms with E-state index in [-0.39, 0.29) is 12.5 Å². The lowest BCUT2D eigenvalue weighted by atomic mass is 10.1. The normalized spacial score (nSPS) is 21.1. The van der Waals surface area contributed by atoms with E-state index in [1.54, 1.807) is 0 Å². The average molecular weight is 201 g/mol. The monoisotopic (exact) mass is 201 g/mol. The summed E-state index contributed by atoms with van der Waals surface area (Å²) in [4.78, 5) is 11.2. The van der Waals surface area contributed by atoms with Gasteiger partial charge in [-0.15, -0.1) is 0 Å². The maximum absolute atomic E-state index is 11.2. The fourth-order valence-electron chi connectivity index (χ4n) is 1.56. The minimum atomic E-state index is 0.0638. The highest BCUT2D eigenvalue weighted by molar-refractivity contribution is 5.75. The molecular weight excluding hydrogens is 182 g/mol. The number of aliphatic hydroxyl groups is 1. The van der Waals surface area contributed by atoms with E-state index in [0.717, 1.165) is 25.9 Å². The molecule has 0 spiro atoms. The van der Waals surface area contributed by atoms with Gasteiger partial charge in [-0.1, -0.05) is 0 Å². The minimum absolute atomic E-state index is 0.0638. The lowest BCUT2D eigenvalue weighted by molar-refractivity contribution is -0.121. The molecule has 82 valence electrons. The zero-order valence-corrected chi connectivity index (χ0v) is 8.50. The summed E-state index contributed by atoms with van der Waals surface area (Å²) in [7, 11) is 0. The van der Waals surface area contributed by atoms with Crippen molar-refractivity contribution in [2.24, 2.45) is 0 Å². The predicted octanol–water partition coefficient (Wildman–Crippen LogP) is 0.444. The lowest BCUT2D eigenvalue weighted by Crippen LogP contribution is -2.25. The third-order valence-electron chi connectivity index (χ3n) is 2.37. The van der Waals surface area contributed by atoms with Crippen LogP contribution in [0.5, 0.6) is 0 Å². The molecule has 0 bridgehead atoms. The van der Waals surface area contributed by atoms with E-state index >= 15 is 0 Å². The molecule has 14 heavy (non-hydrogen) atoms. The zero-order chi connectivity index (χ0) is 10.2. The summed E-state index contributed by atoms with van der Waals surface area (Å²) in [5.74, 6) is 0.0638. The highest BCUT2D eigenvalue weighted by atomic mass is 16.5. The summed E-state index contributed by atoms with van der Waals surface area (Å²) in [6.45, 7) is 1.55. The van der Waals surface area contributed by atoms with Crippen molar-refractivity contribution in [1.82, 2.24) is 5.32 Å². The van der Waals surface area contributed by atoms with Crippen LogP contribution in [0.4, 0.5) is 0 Å². The Balaban J connectivity index is 1.96. The molecule has 0 aromatic rings. The molecule has 1 aliphatic rings. The number of rotatable bonds is 6. The molecular formula is C10H19NO3. The molecule has 1 fully saturated rings. The number of hydrogen-bond donors (Lipinski definition) is 2. The number of ether oxygens (including phenoxy) is 1. The van der Waals surface area contributed by atoms with Crippen LogP contribution in [0.25, 0.3) is 0 Å². The fourth-order valence-corrected chi connectivity index (χ4v) is 1.56. The second-order valence-electron chi connectivity index (χ2n) is 3.60. The number of nitrogens with one attached hydrogen (secondary N) is 1. The molecule has 1 amide bonds. The van der Waals surface area contributed by atoms with Crippen molar-refractivity contribution in [2.75, 3.05) is 19.8 Å². The summed E-state index contributed by atoms with van der Waals surface area (Å²) in [6, 6.07) is 0. The zero-order valence-electron chi connectivity index (χ0n) is 8.50. The third kappa shape index (κ3) is 4.58. The van der Waals surface area contributed by atoms with Crippen molar-refractivity contribution in [3.63, 3.8) is 0 Å². The first-order chi connectivity index (χ1) is 6.83. The van der Waals surface area contributed by atoms with Crippen molar-refractivity contribution < 1.29 is 14.6 Å². The van der Waals surface area contributed by atoms with Gasteiger partial charge in [0.15, 0.2) is 0 Å². The Morgan fingerprint density at radius 3 is 3.07 bits per heavy atom. The molecule has 0 saturated carbocycles. The van der Waals surface area contributed by atoms with Crippen LogP contribution in [0.3, 0.4) is 0 Å². The van der Waals surface area contributed by atoms with Crippen LogP contribution in [0, 0.1) is 0 Å². The van der Waals surface area contributed by atoms with Gasteiger partial charge in [0, 0.05) is 26.2 Å². The van der Waals surface area contributed by atoms with Gasteiger partial charge in [-0.25, -0.2) is 0 Å². The van der Waals surface area contributed by atoms with Crippen molar-refractivity contribution in [3.05, 3.63) is 0 Å². The SMILES string of the molecule is O=C(CC[C@@H]1CCCO1)NCCCO. The van der Waals surface area contributed by atoms with Crippen molar-refractivity contribution >= 4 is 5.91 Å². The van der Waals surface area contributed by atoms with Gasteiger partial charge >= 0.3 is 0 Å². The summed E-state index contributed by atoms with van der Waals surface area (Å²) >= 11 is 0. The Bertz CT molecular complexity index is 167. The van der Waals surface area contributed by atoms with Crippen LogP contribution < -0.4 is 5.32 Å². The molecule has 2 N–H and O–H groups in total. The predicted molar refractivity (Wildman–Crippen MR) is 52.9 cm³/mol. The molecule has 1 saturated heterocycles. The van der Waals surface area contributed by atoms with E-state index in [2.05, 4.69) is 5.32 Å². The van der Waals surface area contributed by atoms with Crippen LogP contribution in [-0.4, -0.2) is 36.9 Å². The summed E-state index contributed by atoms with van der Waals surface area (Å²) in [5, 5.41) is 11.3. The first-order valence-electron chi connectivity index (χ1n) is 5.32. The molecule has 0 radical (unpaired) electrons. The molecule has 0 aromatic carbocycles. The summed E-state index contributed by atoms with van der Waals surface area (Å²) in [6.07, 6.45) is 4.49. The van der Waals surface area contributed by atoms with E-state index in [4.69, 9.17) is 9.84 Å². The van der Waals surface area contributed by atoms with Crippen LogP contribution in [0.2, 0.25) is 0 Å². The largest absolute Gasteiger partial charge is 0.396 e. The number of amides is 1. The molecule has 1 heterocycles. The molecule has 1 rings (SSSR count). The van der Waals surface area contributed by atoms with Gasteiger partial charge in [0.1, 0.15) is 0 Å². The van der Waals surface area contributed by atoms with Gasteiger partial charge in [-0.3, -0.25) is 4.79 Å². The molecule has 4 nitrogen and oxygen atoms in total. The number of carbonyl (C=O) groups excluding carboxylic acids is 1. The van der Waals surface area contributed by atoms with Crippen LogP contribution in [0.1, 0.15) is 32.1 Å². The van der Waals surface area contributed by atoms with Crippen molar-refractivity contribution in [2.45, 2.75) is 38.2 Å². The Hall–Kier alpha value is -0.610. The third-order valence-corrected chi connectivity index (χ3v) is 2.37. The van der Waals surface area contributed by atoms with Crippen molar-refractivity contribution in [3.8, 4) is 0 Å². The molecule has 4 heteroatoms. The number of carbonyl (C=O) groups is 1. The van der Waals surface area contributed by atoms with Gasteiger partial charge in [0.05, 0.1) is 6.10 Å². The second-order valence-corrected chi connectivity index (χ2v) is 3.60. The van der Waals surface area contributed by atoms with E-state index < -0.39 is 0 Å². The second kappa shape index (κ2) is 6.79. The molecule has 0 aliphatic carbocycles. The quantitative estimate of drug-likeness (QED) is 0.613. The Labute approximate surface area is 84.6 Å². The first-order valence-corrected chi connectivity index (χ1v) is 5.32. The Kier molecular flexibility index (Phi) is 5.56. The van der Waals surface area contributed by atoms with Gasteiger partial charge in [-0.05, 0) is 25.7 Å². The van der Waals surface area contributed by atoms with Gasteiger partial charge in [0.25, 0.3) is 0 Å². The van der Waals surface area contributed by atoms with E-state index in [1.165, 1.54) is 0 Å². The lowest BCUT2D eigenvalue weighted by Gasteiger charge is -2.08. The van der Waals surface area contributed by atoms with Gasteiger partial charge in [0.2, 0.25) is 5.91 Å². The first kappa shape index (κ1) is 11.5. The van der Waals surface area contributed by atoms with E-state index in [0.29, 0.717) is 25.5 Å². The minimum Gasteiger partial charge on any atom is -0.396 e. The molecule has 0 unspecified atom stereocenters. The van der Waals surface area contributed by atoms with Crippen LogP contribution in [-0.2, 0) is 9.53 Å². The maximum atomic E-state index is 11.2. The highest BCUT2D eigenvalue weighted by Gasteiger charge is 2.16. The van der Waals surface area contributed by atoms with Gasteiger partial charge in [-0.2, -0.15) is 0 Å². The van der Waals surface area contributed by atoms with E-state index in [1.807, 2.05) is 0 Å². The Morgan fingerprint density at radius 2 is 2.43 bits per heavy atom. The maximum Gasteiger partial charge on any atom is 0.220 e. The Morgan fingerprint density at radius 1 is 1.57 bits per heavy atom. The number of hydrogen-bond acceptors (Lipinski definition) is 3. The van der Waals surface area contributed by atoms with Gasteiger partial charge < -0.3 is 15.2 Å². The van der Waals surface area contributed by atoms with Crippen LogP contribution >= 0.6 is 0 Å². The van der Waals surface area contributed by atoms with Crippen LogP contribution in [0.15, 0.2) is 0 Å². The highest BCUT2D eigenvalue weighted by Crippen LogP contribution is 2.16. The molecule has 0 aromatic heterocycles. The molecule has 1 aliphatic heterocycles. The summed E-state index contributed by atoms with van der Waals surface area (Å²) in [5.41, 5.74) is 0. The van der Waals surface area contributed by atoms with E-state index in [9.17, 15) is 4.79 Å². The van der Waals surface area contributed by atoms with Crippen molar-refractivity contribution in [1.29, 1.82) is 0 Å². The average Bonchev–Trinajstić information content (AvgIpc) is 2.68. The number of aliphatic hydroxyl groups excluding tert-OH is 1. The summed E-state index contributed by atoms with van der Waals surface area (Å²) < 4.78 is 5.41. The topological polar surface area (TPSA) is 58.6 Å². The molecule has 1 atom stereocenters. The fraction of sp³-hybridized carbons (Fsp3) is 0.900. The standard InChI is InChI=1S/C10H19NO3/c12-7-2-6-11-10(13)5-4-9-3-1-8-14-9/h9,12H,1-8H2,(H,11,13)/t9-/m0/s1.